The number of amides is 1. The molecule has 176 valence electrons. The minimum Gasteiger partial charge on any atom is -0.435 e. The Morgan fingerprint density at radius 2 is 1.88 bits per heavy atom. The minimum absolute atomic E-state index is 0.0591. The molecular weight excluding hydrogens is 452 g/mol. The molecule has 3 aromatic rings. The molecule has 0 radical (unpaired) electrons. The topological polar surface area (TPSA) is 73.7 Å². The number of alkyl halides is 2. The Morgan fingerprint density at radius 3 is 2.55 bits per heavy atom. The number of para-hydroxylation sites is 1. The average molecular weight is 478 g/mol. The maximum absolute atomic E-state index is 13.1. The molecule has 7 nitrogen and oxygen atoms in total. The Hall–Kier alpha value is -2.98. The third kappa shape index (κ3) is 6.29. The molecule has 1 unspecified atom stereocenters. The maximum atomic E-state index is 13.1. The van der Waals surface area contributed by atoms with Gasteiger partial charge in [0, 0.05) is 20.7 Å². The van der Waals surface area contributed by atoms with Gasteiger partial charge in [0.25, 0.3) is 5.56 Å². The van der Waals surface area contributed by atoms with Crippen molar-refractivity contribution in [3.8, 4) is 5.75 Å². The van der Waals surface area contributed by atoms with Crippen molar-refractivity contribution in [2.45, 2.75) is 31.3 Å². The fourth-order valence-corrected chi connectivity index (χ4v) is 4.34. The summed E-state index contributed by atoms with van der Waals surface area (Å²) in [5, 5.41) is 0.950. The lowest BCUT2D eigenvalue weighted by molar-refractivity contribution is -0.127. The highest BCUT2D eigenvalue weighted by Gasteiger charge is 2.19. The summed E-state index contributed by atoms with van der Waals surface area (Å²) in [6.07, 6.45) is 0. The van der Waals surface area contributed by atoms with Crippen LogP contribution in [0.2, 0.25) is 0 Å². The predicted molar refractivity (Wildman–Crippen MR) is 123 cm³/mol. The second-order valence-electron chi connectivity index (χ2n) is 7.45. The number of nitrogens with zero attached hydrogens (tertiary/aromatic N) is 3. The molecule has 0 spiro atoms. The number of carbonyl (C=O) groups is 1. The maximum Gasteiger partial charge on any atom is 0.387 e. The summed E-state index contributed by atoms with van der Waals surface area (Å²) in [5.41, 5.74) is 1.16. The number of thioether (sulfide) groups is 1. The zero-order chi connectivity index (χ0) is 24.0. The normalized spacial score (nSPS) is 12.2. The van der Waals surface area contributed by atoms with E-state index in [1.54, 1.807) is 49.1 Å². The number of halogens is 2. The molecule has 1 heterocycles. The van der Waals surface area contributed by atoms with Gasteiger partial charge < -0.3 is 14.4 Å². The molecule has 0 aliphatic rings. The Labute approximate surface area is 194 Å². The van der Waals surface area contributed by atoms with Gasteiger partial charge in [-0.25, -0.2) is 4.98 Å². The summed E-state index contributed by atoms with van der Waals surface area (Å²) in [6, 6.07) is 13.0. The average Bonchev–Trinajstić information content (AvgIpc) is 2.78. The third-order valence-corrected chi connectivity index (χ3v) is 5.88. The van der Waals surface area contributed by atoms with Crippen LogP contribution in [0.15, 0.2) is 58.5 Å². The zero-order valence-corrected chi connectivity index (χ0v) is 19.4. The zero-order valence-electron chi connectivity index (χ0n) is 18.5. The Kier molecular flexibility index (Phi) is 8.40. The highest BCUT2D eigenvalue weighted by molar-refractivity contribution is 7.99. The molecule has 0 N–H and O–H groups in total. The molecule has 33 heavy (non-hydrogen) atoms. The number of hydrogen-bond acceptors (Lipinski definition) is 6. The molecule has 1 atom stereocenters. The standard InChI is InChI=1S/C23H25F2N3O4S/c1-15(13-31-3)28-21(30)18-6-4-5-7-19(18)26-23(28)33-14-20(29)27(2)12-16-8-10-17(11-9-16)32-22(24)25/h4-11,15,22H,12-14H2,1-3H3. The lowest BCUT2D eigenvalue weighted by Gasteiger charge is -2.20. The number of fused-ring (bicyclic) bond motifs is 1. The van der Waals surface area contributed by atoms with Crippen molar-refractivity contribution in [3.05, 3.63) is 64.4 Å². The van der Waals surface area contributed by atoms with E-state index in [0.29, 0.717) is 29.2 Å². The van der Waals surface area contributed by atoms with Gasteiger partial charge in [-0.1, -0.05) is 36.0 Å². The Balaban J connectivity index is 1.72. The van der Waals surface area contributed by atoms with Crippen molar-refractivity contribution in [1.29, 1.82) is 0 Å². The fourth-order valence-electron chi connectivity index (χ4n) is 3.31. The quantitative estimate of drug-likeness (QED) is 0.325. The highest BCUT2D eigenvalue weighted by atomic mass is 32.2. The van der Waals surface area contributed by atoms with Gasteiger partial charge in [0.1, 0.15) is 5.75 Å². The first kappa shape index (κ1) is 24.7. The van der Waals surface area contributed by atoms with E-state index < -0.39 is 6.61 Å². The van der Waals surface area contributed by atoms with E-state index >= 15 is 0 Å². The molecule has 1 amide bonds. The molecule has 2 aromatic carbocycles. The molecule has 3 rings (SSSR count). The van der Waals surface area contributed by atoms with Gasteiger partial charge in [0.05, 0.1) is 29.3 Å². The fraction of sp³-hybridized carbons (Fsp3) is 0.348. The largest absolute Gasteiger partial charge is 0.435 e. The molecule has 0 aliphatic carbocycles. The Morgan fingerprint density at radius 1 is 1.18 bits per heavy atom. The van der Waals surface area contributed by atoms with Gasteiger partial charge in [-0.15, -0.1) is 0 Å². The van der Waals surface area contributed by atoms with E-state index in [4.69, 9.17) is 4.74 Å². The number of aromatic nitrogens is 2. The summed E-state index contributed by atoms with van der Waals surface area (Å²) in [4.78, 5) is 31.9. The van der Waals surface area contributed by atoms with Crippen molar-refractivity contribution >= 4 is 28.6 Å². The van der Waals surface area contributed by atoms with Crippen LogP contribution in [0.25, 0.3) is 10.9 Å². The molecule has 0 bridgehead atoms. The molecule has 0 saturated heterocycles. The van der Waals surface area contributed by atoms with Crippen LogP contribution in [0.4, 0.5) is 8.78 Å². The first-order valence-corrected chi connectivity index (χ1v) is 11.2. The summed E-state index contributed by atoms with van der Waals surface area (Å²) >= 11 is 1.19. The lowest BCUT2D eigenvalue weighted by atomic mass is 10.2. The summed E-state index contributed by atoms with van der Waals surface area (Å²) in [5.74, 6) is -0.0295. The van der Waals surface area contributed by atoms with E-state index in [1.165, 1.54) is 28.8 Å². The highest BCUT2D eigenvalue weighted by Crippen LogP contribution is 2.22. The van der Waals surface area contributed by atoms with Gasteiger partial charge >= 0.3 is 6.61 Å². The first-order valence-electron chi connectivity index (χ1n) is 10.2. The van der Waals surface area contributed by atoms with Crippen LogP contribution in [-0.2, 0) is 16.1 Å². The molecular formula is C23H25F2N3O4S. The summed E-state index contributed by atoms with van der Waals surface area (Å²) < 4.78 is 35.7. The van der Waals surface area contributed by atoms with E-state index in [0.717, 1.165) is 5.56 Å². The van der Waals surface area contributed by atoms with E-state index in [1.807, 2.05) is 13.0 Å². The monoisotopic (exact) mass is 477 g/mol. The molecule has 0 aliphatic heterocycles. The van der Waals surface area contributed by atoms with Gasteiger partial charge in [-0.3, -0.25) is 14.2 Å². The summed E-state index contributed by atoms with van der Waals surface area (Å²) in [7, 11) is 3.22. The second-order valence-corrected chi connectivity index (χ2v) is 8.39. The van der Waals surface area contributed by atoms with Crippen LogP contribution >= 0.6 is 11.8 Å². The Bertz CT molecular complexity index is 1150. The molecule has 0 fully saturated rings. The lowest BCUT2D eigenvalue weighted by Crippen LogP contribution is -2.30. The van der Waals surface area contributed by atoms with Crippen LogP contribution in [0.3, 0.4) is 0 Å². The second kappa shape index (κ2) is 11.2. The number of benzene rings is 2. The SMILES string of the molecule is COCC(C)n1c(SCC(=O)N(C)Cc2ccc(OC(F)F)cc2)nc2ccccc2c1=O. The number of ether oxygens (including phenoxy) is 2. The van der Waals surface area contributed by atoms with Gasteiger partial charge in [0.15, 0.2) is 5.16 Å². The number of rotatable bonds is 10. The van der Waals surface area contributed by atoms with Crippen LogP contribution < -0.4 is 10.3 Å². The van der Waals surface area contributed by atoms with Crippen LogP contribution in [0.5, 0.6) is 5.75 Å². The van der Waals surface area contributed by atoms with Crippen LogP contribution in [-0.4, -0.2) is 53.5 Å². The van der Waals surface area contributed by atoms with Crippen molar-refractivity contribution in [2.75, 3.05) is 26.5 Å². The number of methoxy groups -OCH3 is 1. The van der Waals surface area contributed by atoms with Crippen molar-refractivity contribution in [3.63, 3.8) is 0 Å². The van der Waals surface area contributed by atoms with Gasteiger partial charge in [0.2, 0.25) is 5.91 Å². The first-order chi connectivity index (χ1) is 15.8. The molecule has 10 heteroatoms. The van der Waals surface area contributed by atoms with E-state index in [9.17, 15) is 18.4 Å². The molecule has 1 aromatic heterocycles. The van der Waals surface area contributed by atoms with E-state index in [2.05, 4.69) is 9.72 Å². The van der Waals surface area contributed by atoms with Crippen molar-refractivity contribution < 1.29 is 23.0 Å². The van der Waals surface area contributed by atoms with Crippen molar-refractivity contribution in [2.24, 2.45) is 0 Å². The van der Waals surface area contributed by atoms with Crippen LogP contribution in [0, 0.1) is 0 Å². The van der Waals surface area contributed by atoms with Crippen LogP contribution in [0.1, 0.15) is 18.5 Å². The van der Waals surface area contributed by atoms with Crippen molar-refractivity contribution in [1.82, 2.24) is 14.5 Å². The number of carbonyl (C=O) groups excluding carboxylic acids is 1. The van der Waals surface area contributed by atoms with Gasteiger partial charge in [-0.05, 0) is 36.8 Å². The third-order valence-electron chi connectivity index (χ3n) is 4.94. The van der Waals surface area contributed by atoms with Gasteiger partial charge in [-0.2, -0.15) is 8.78 Å². The summed E-state index contributed by atoms with van der Waals surface area (Å²) in [6.45, 7) is -0.399. The minimum atomic E-state index is -2.88. The number of hydrogen-bond donors (Lipinski definition) is 0. The van der Waals surface area contributed by atoms with E-state index in [-0.39, 0.29) is 29.0 Å². The predicted octanol–water partition coefficient (Wildman–Crippen LogP) is 3.96. The smallest absolute Gasteiger partial charge is 0.387 e. The molecule has 0 saturated carbocycles.